The fraction of sp³-hybridized carbons (Fsp3) is 0.609. The number of fused-ring (bicyclic) bond motifs is 1. The van der Waals surface area contributed by atoms with Crippen molar-refractivity contribution in [2.24, 2.45) is 5.92 Å². The van der Waals surface area contributed by atoms with E-state index >= 15 is 0 Å². The minimum atomic E-state index is 0.295. The molecule has 2 aliphatic heterocycles. The van der Waals surface area contributed by atoms with E-state index in [0.29, 0.717) is 18.6 Å². The monoisotopic (exact) mass is 382 g/mol. The van der Waals surface area contributed by atoms with Crippen molar-refractivity contribution in [2.75, 3.05) is 57.8 Å². The lowest BCUT2D eigenvalue weighted by molar-refractivity contribution is 0.0639. The van der Waals surface area contributed by atoms with Gasteiger partial charge in [-0.3, -0.25) is 9.88 Å². The molecule has 0 saturated carbocycles. The van der Waals surface area contributed by atoms with E-state index < -0.39 is 0 Å². The summed E-state index contributed by atoms with van der Waals surface area (Å²) in [6.45, 7) is 9.30. The highest BCUT2D eigenvalue weighted by Gasteiger charge is 2.34. The predicted molar refractivity (Wildman–Crippen MR) is 116 cm³/mol. The van der Waals surface area contributed by atoms with Crippen LogP contribution < -0.4 is 4.90 Å². The zero-order chi connectivity index (χ0) is 19.5. The first kappa shape index (κ1) is 19.6. The molecule has 1 N–H and O–H groups in total. The van der Waals surface area contributed by atoms with Crippen molar-refractivity contribution in [1.82, 2.24) is 14.8 Å². The molecule has 1 aromatic carbocycles. The van der Waals surface area contributed by atoms with Gasteiger partial charge in [0.05, 0.1) is 5.52 Å². The van der Waals surface area contributed by atoms with Gasteiger partial charge in [-0.2, -0.15) is 0 Å². The minimum Gasteiger partial charge on any atom is -0.396 e. The number of aryl methyl sites for hydroxylation is 1. The van der Waals surface area contributed by atoms with Crippen LogP contribution in [0.5, 0.6) is 0 Å². The first-order chi connectivity index (χ1) is 13.7. The van der Waals surface area contributed by atoms with E-state index in [1.807, 2.05) is 6.20 Å². The molecule has 0 amide bonds. The summed E-state index contributed by atoms with van der Waals surface area (Å²) in [7, 11) is 2.22. The molecule has 0 bridgehead atoms. The number of aliphatic hydroxyl groups is 1. The third kappa shape index (κ3) is 4.17. The van der Waals surface area contributed by atoms with Crippen molar-refractivity contribution < 1.29 is 5.11 Å². The second-order valence-corrected chi connectivity index (χ2v) is 8.62. The van der Waals surface area contributed by atoms with Crippen molar-refractivity contribution in [3.63, 3.8) is 0 Å². The maximum Gasteiger partial charge on any atom is 0.0722 e. The predicted octanol–water partition coefficient (Wildman–Crippen LogP) is 2.76. The summed E-state index contributed by atoms with van der Waals surface area (Å²) in [5.74, 6) is 0.609. The molecule has 28 heavy (non-hydrogen) atoms. The van der Waals surface area contributed by atoms with E-state index in [2.05, 4.69) is 57.9 Å². The highest BCUT2D eigenvalue weighted by Crippen LogP contribution is 2.33. The molecule has 0 radical (unpaired) electrons. The topological polar surface area (TPSA) is 42.8 Å². The van der Waals surface area contributed by atoms with Gasteiger partial charge in [0.2, 0.25) is 0 Å². The van der Waals surface area contributed by atoms with Gasteiger partial charge in [-0.15, -0.1) is 0 Å². The van der Waals surface area contributed by atoms with Crippen molar-refractivity contribution in [3.05, 3.63) is 36.0 Å². The number of likely N-dealkylation sites (N-methyl/N-ethyl adjacent to an activating group) is 1. The van der Waals surface area contributed by atoms with Crippen LogP contribution in [0, 0.1) is 12.8 Å². The Morgan fingerprint density at radius 1 is 1.11 bits per heavy atom. The number of hydrogen-bond acceptors (Lipinski definition) is 5. The lowest BCUT2D eigenvalue weighted by Gasteiger charge is -2.47. The van der Waals surface area contributed by atoms with Gasteiger partial charge < -0.3 is 14.9 Å². The van der Waals surface area contributed by atoms with E-state index in [4.69, 9.17) is 0 Å². The number of aromatic nitrogens is 1. The van der Waals surface area contributed by atoms with Crippen molar-refractivity contribution in [3.8, 4) is 0 Å². The van der Waals surface area contributed by atoms with E-state index in [0.717, 1.165) is 31.4 Å². The quantitative estimate of drug-likeness (QED) is 0.861. The van der Waals surface area contributed by atoms with Gasteiger partial charge >= 0.3 is 0 Å². The Kier molecular flexibility index (Phi) is 6.14. The largest absolute Gasteiger partial charge is 0.396 e. The minimum absolute atomic E-state index is 0.295. The normalized spacial score (nSPS) is 24.8. The van der Waals surface area contributed by atoms with Crippen LogP contribution in [0.15, 0.2) is 30.5 Å². The number of anilines is 1. The zero-order valence-electron chi connectivity index (χ0n) is 17.3. The molecule has 3 heterocycles. The second kappa shape index (κ2) is 8.76. The van der Waals surface area contributed by atoms with Crippen LogP contribution in [-0.2, 0) is 0 Å². The van der Waals surface area contributed by atoms with Gasteiger partial charge in [-0.1, -0.05) is 11.6 Å². The van der Waals surface area contributed by atoms with E-state index in [9.17, 15) is 5.11 Å². The number of pyridine rings is 1. The number of benzene rings is 1. The molecule has 152 valence electrons. The number of hydrogen-bond donors (Lipinski definition) is 1. The summed E-state index contributed by atoms with van der Waals surface area (Å²) in [6, 6.07) is 9.37. The first-order valence-corrected chi connectivity index (χ1v) is 10.8. The second-order valence-electron chi connectivity index (χ2n) is 8.62. The standard InChI is InChI=1S/C23H34N4O/c1-18-5-6-21-20(16-18)23(7-9-24-21)27-10-8-22(19(17-27)4-3-15-28)26-13-11-25(2)12-14-26/h5-7,9,16,19,22,28H,3-4,8,10-15,17H2,1-2H3/t19-,22+/m1/s1. The summed E-state index contributed by atoms with van der Waals surface area (Å²) in [5.41, 5.74) is 3.68. The SMILES string of the molecule is Cc1ccc2nccc(N3CC[C@H](N4CCN(C)CC4)[C@H](CCCO)C3)c2c1. The molecule has 2 aliphatic rings. The maximum atomic E-state index is 9.44. The van der Waals surface area contributed by atoms with E-state index in [-0.39, 0.29) is 0 Å². The van der Waals surface area contributed by atoms with Crippen LogP contribution in [0.2, 0.25) is 0 Å². The molecular formula is C23H34N4O. The van der Waals surface area contributed by atoms with Gasteiger partial charge in [0.15, 0.2) is 0 Å². The summed E-state index contributed by atoms with van der Waals surface area (Å²) < 4.78 is 0. The average Bonchev–Trinajstić information content (AvgIpc) is 2.72. The summed E-state index contributed by atoms with van der Waals surface area (Å²) >= 11 is 0. The summed E-state index contributed by atoms with van der Waals surface area (Å²) in [6.07, 6.45) is 5.16. The van der Waals surface area contributed by atoms with Gasteiger partial charge in [-0.05, 0) is 57.4 Å². The third-order valence-corrected chi connectivity index (χ3v) is 6.65. The first-order valence-electron chi connectivity index (χ1n) is 10.8. The van der Waals surface area contributed by atoms with Gasteiger partial charge in [0.25, 0.3) is 0 Å². The number of nitrogens with zero attached hydrogens (tertiary/aromatic N) is 4. The molecule has 4 rings (SSSR count). The highest BCUT2D eigenvalue weighted by atomic mass is 16.2. The lowest BCUT2D eigenvalue weighted by Crippen LogP contribution is -2.56. The fourth-order valence-corrected chi connectivity index (χ4v) is 5.03. The Morgan fingerprint density at radius 3 is 2.71 bits per heavy atom. The molecule has 0 unspecified atom stereocenters. The Balaban J connectivity index is 1.56. The van der Waals surface area contributed by atoms with E-state index in [1.54, 1.807) is 0 Å². The number of rotatable bonds is 5. The average molecular weight is 383 g/mol. The Bertz CT molecular complexity index is 787. The number of piperidine rings is 1. The van der Waals surface area contributed by atoms with Crippen molar-refractivity contribution in [2.45, 2.75) is 32.2 Å². The molecule has 2 aromatic rings. The molecule has 2 atom stereocenters. The molecule has 0 aliphatic carbocycles. The Hall–Kier alpha value is -1.69. The Morgan fingerprint density at radius 2 is 1.93 bits per heavy atom. The molecule has 5 heteroatoms. The number of aliphatic hydroxyl groups excluding tert-OH is 1. The van der Waals surface area contributed by atoms with Crippen LogP contribution in [0.25, 0.3) is 10.9 Å². The van der Waals surface area contributed by atoms with Crippen LogP contribution >= 0.6 is 0 Å². The molecule has 5 nitrogen and oxygen atoms in total. The Labute approximate surface area is 169 Å². The van der Waals surface area contributed by atoms with Crippen molar-refractivity contribution >= 4 is 16.6 Å². The highest BCUT2D eigenvalue weighted by molar-refractivity contribution is 5.92. The van der Waals surface area contributed by atoms with Crippen molar-refractivity contribution in [1.29, 1.82) is 0 Å². The number of piperazine rings is 1. The van der Waals surface area contributed by atoms with Crippen LogP contribution in [0.3, 0.4) is 0 Å². The smallest absolute Gasteiger partial charge is 0.0722 e. The molecule has 1 aromatic heterocycles. The van der Waals surface area contributed by atoms with Gasteiger partial charge in [-0.25, -0.2) is 0 Å². The summed E-state index contributed by atoms with van der Waals surface area (Å²) in [4.78, 5) is 12.3. The zero-order valence-corrected chi connectivity index (χ0v) is 17.3. The maximum absolute atomic E-state index is 9.44. The van der Waals surface area contributed by atoms with Gasteiger partial charge in [0.1, 0.15) is 0 Å². The van der Waals surface area contributed by atoms with Crippen LogP contribution in [-0.4, -0.2) is 78.9 Å². The van der Waals surface area contributed by atoms with Crippen LogP contribution in [0.4, 0.5) is 5.69 Å². The van der Waals surface area contributed by atoms with Gasteiger partial charge in [0, 0.05) is 69.2 Å². The molecular weight excluding hydrogens is 348 g/mol. The molecule has 2 fully saturated rings. The third-order valence-electron chi connectivity index (χ3n) is 6.65. The van der Waals surface area contributed by atoms with E-state index in [1.165, 1.54) is 49.2 Å². The molecule has 2 saturated heterocycles. The fourth-order valence-electron chi connectivity index (χ4n) is 5.03. The van der Waals surface area contributed by atoms with Crippen LogP contribution in [0.1, 0.15) is 24.8 Å². The molecule has 0 spiro atoms. The lowest BCUT2D eigenvalue weighted by atomic mass is 9.86. The summed E-state index contributed by atoms with van der Waals surface area (Å²) in [5, 5.41) is 10.7.